The van der Waals surface area contributed by atoms with Crippen LogP contribution in [0.4, 0.5) is 0 Å². The maximum absolute atomic E-state index is 8.29. The molecule has 0 aromatic carbocycles. The summed E-state index contributed by atoms with van der Waals surface area (Å²) in [5.41, 5.74) is 2.39. The molecule has 0 N–H and O–H groups in total. The van der Waals surface area contributed by atoms with Crippen LogP contribution < -0.4 is 0 Å². The summed E-state index contributed by atoms with van der Waals surface area (Å²) in [5, 5.41) is 8.29. The maximum atomic E-state index is 8.29. The Bertz CT molecular complexity index is 251. The van der Waals surface area contributed by atoms with Gasteiger partial charge in [0.2, 0.25) is 0 Å². The lowest BCUT2D eigenvalue weighted by atomic mass is 10.1. The first kappa shape index (κ1) is 11.7. The quantitative estimate of drug-likeness (QED) is 0.354. The third-order valence-corrected chi connectivity index (χ3v) is 1.52. The molecule has 0 aromatic rings. The van der Waals surface area contributed by atoms with Gasteiger partial charge in [-0.1, -0.05) is 36.0 Å². The van der Waals surface area contributed by atoms with Gasteiger partial charge in [-0.15, -0.1) is 0 Å². The molecule has 1 nitrogen and oxygen atoms in total. The first-order valence-electron chi connectivity index (χ1n) is 4.51. The van der Waals surface area contributed by atoms with Gasteiger partial charge in [0.15, 0.2) is 0 Å². The van der Waals surface area contributed by atoms with Crippen molar-refractivity contribution in [2.24, 2.45) is 0 Å². The van der Waals surface area contributed by atoms with Crippen LogP contribution in [-0.2, 0) is 0 Å². The smallest absolute Gasteiger partial charge is 0.0624 e. The highest BCUT2D eigenvalue weighted by molar-refractivity contribution is 5.18. The van der Waals surface area contributed by atoms with Crippen molar-refractivity contribution in [1.82, 2.24) is 0 Å². The first-order valence-corrected chi connectivity index (χ1v) is 4.51. The number of allylic oxidation sites excluding steroid dienone is 5. The van der Waals surface area contributed by atoms with Crippen LogP contribution in [-0.4, -0.2) is 0 Å². The fourth-order valence-electron chi connectivity index (χ4n) is 1.01. The van der Waals surface area contributed by atoms with E-state index >= 15 is 0 Å². The molecule has 13 heavy (non-hydrogen) atoms. The van der Waals surface area contributed by atoms with Crippen molar-refractivity contribution in [2.45, 2.75) is 33.1 Å². The highest BCUT2D eigenvalue weighted by atomic mass is 14.2. The zero-order valence-corrected chi connectivity index (χ0v) is 8.51. The number of hydrogen-bond acceptors (Lipinski definition) is 1. The molecule has 0 unspecified atom stereocenters. The highest BCUT2D eigenvalue weighted by Crippen LogP contribution is 2.05. The molecule has 1 heteroatoms. The molecule has 0 amide bonds. The van der Waals surface area contributed by atoms with Gasteiger partial charge < -0.3 is 0 Å². The van der Waals surface area contributed by atoms with Crippen molar-refractivity contribution in [3.8, 4) is 6.07 Å². The Balaban J connectivity index is 3.70. The second kappa shape index (κ2) is 7.36. The Hall–Kier alpha value is -1.29. The molecule has 0 saturated heterocycles. The predicted octanol–water partition coefficient (Wildman–Crippen LogP) is 3.76. The average molecular weight is 175 g/mol. The van der Waals surface area contributed by atoms with E-state index in [1.54, 1.807) is 0 Å². The van der Waals surface area contributed by atoms with E-state index in [-0.39, 0.29) is 0 Å². The van der Waals surface area contributed by atoms with Crippen molar-refractivity contribution in [1.29, 1.82) is 5.26 Å². The lowest BCUT2D eigenvalue weighted by molar-refractivity contribution is 1.05. The summed E-state index contributed by atoms with van der Waals surface area (Å²) in [6.07, 6.45) is 8.66. The predicted molar refractivity (Wildman–Crippen MR) is 57.2 cm³/mol. The molecule has 0 aliphatic heterocycles. The van der Waals surface area contributed by atoms with Crippen LogP contribution in [0.25, 0.3) is 0 Å². The lowest BCUT2D eigenvalue weighted by Crippen LogP contribution is -1.74. The minimum Gasteiger partial charge on any atom is -0.198 e. The van der Waals surface area contributed by atoms with Gasteiger partial charge in [0, 0.05) is 6.42 Å². The summed E-state index contributed by atoms with van der Waals surface area (Å²) >= 11 is 0. The Kier molecular flexibility index (Phi) is 6.63. The van der Waals surface area contributed by atoms with E-state index in [9.17, 15) is 0 Å². The standard InChI is InChI=1S/C12H17N/c1-11(2)10-12(3)8-6-4-5-7-9-13/h4,6,10H,1,5,7-8H2,2-3H3/b6-4-,12-10-. The number of rotatable bonds is 5. The topological polar surface area (TPSA) is 23.8 Å². The second-order valence-corrected chi connectivity index (χ2v) is 3.21. The van der Waals surface area contributed by atoms with E-state index in [1.807, 2.05) is 6.92 Å². The maximum Gasteiger partial charge on any atom is 0.0624 e. The van der Waals surface area contributed by atoms with Gasteiger partial charge >= 0.3 is 0 Å². The molecule has 0 saturated carbocycles. The number of nitrogens with zero attached hydrogens (tertiary/aromatic N) is 1. The first-order chi connectivity index (χ1) is 6.16. The molecular weight excluding hydrogens is 158 g/mol. The van der Waals surface area contributed by atoms with Crippen LogP contribution in [0.1, 0.15) is 33.1 Å². The van der Waals surface area contributed by atoms with Gasteiger partial charge in [0.25, 0.3) is 0 Å². The fourth-order valence-corrected chi connectivity index (χ4v) is 1.01. The summed E-state index contributed by atoms with van der Waals surface area (Å²) in [6, 6.07) is 2.11. The van der Waals surface area contributed by atoms with Gasteiger partial charge in [0.1, 0.15) is 0 Å². The second-order valence-electron chi connectivity index (χ2n) is 3.21. The third-order valence-electron chi connectivity index (χ3n) is 1.52. The van der Waals surface area contributed by atoms with Gasteiger partial charge in [-0.2, -0.15) is 5.26 Å². The summed E-state index contributed by atoms with van der Waals surface area (Å²) < 4.78 is 0. The summed E-state index contributed by atoms with van der Waals surface area (Å²) in [4.78, 5) is 0. The molecule has 0 aliphatic carbocycles. The summed E-state index contributed by atoms with van der Waals surface area (Å²) in [6.45, 7) is 7.88. The summed E-state index contributed by atoms with van der Waals surface area (Å²) in [7, 11) is 0. The van der Waals surface area contributed by atoms with E-state index in [0.717, 1.165) is 18.4 Å². The Morgan fingerprint density at radius 2 is 2.08 bits per heavy atom. The average Bonchev–Trinajstić information content (AvgIpc) is 2.02. The van der Waals surface area contributed by atoms with E-state index in [1.165, 1.54) is 5.57 Å². The molecule has 70 valence electrons. The van der Waals surface area contributed by atoms with E-state index in [4.69, 9.17) is 5.26 Å². The lowest BCUT2D eigenvalue weighted by Gasteiger charge is -1.94. The SMILES string of the molecule is C=C(C)/C=C(/C)C/C=C\CCC#N. The Morgan fingerprint density at radius 3 is 2.62 bits per heavy atom. The van der Waals surface area contributed by atoms with Crippen LogP contribution in [0.5, 0.6) is 0 Å². The molecule has 0 bridgehead atoms. The van der Waals surface area contributed by atoms with Crippen LogP contribution in [0.3, 0.4) is 0 Å². The zero-order chi connectivity index (χ0) is 10.1. The highest BCUT2D eigenvalue weighted by Gasteiger charge is 1.85. The molecule has 0 spiro atoms. The van der Waals surface area contributed by atoms with Crippen molar-refractivity contribution >= 4 is 0 Å². The Morgan fingerprint density at radius 1 is 1.38 bits per heavy atom. The molecule has 0 atom stereocenters. The summed E-state index contributed by atoms with van der Waals surface area (Å²) in [5.74, 6) is 0. The van der Waals surface area contributed by atoms with Crippen LogP contribution in [0.2, 0.25) is 0 Å². The number of hydrogen-bond donors (Lipinski definition) is 0. The normalized spacial score (nSPS) is 11.6. The molecular formula is C12H17N. The molecule has 0 fully saturated rings. The Labute approximate surface area is 81.1 Å². The van der Waals surface area contributed by atoms with Crippen LogP contribution in [0.15, 0.2) is 36.0 Å². The van der Waals surface area contributed by atoms with Gasteiger partial charge in [0.05, 0.1) is 6.07 Å². The van der Waals surface area contributed by atoms with Gasteiger partial charge in [-0.3, -0.25) is 0 Å². The largest absolute Gasteiger partial charge is 0.198 e. The van der Waals surface area contributed by atoms with Gasteiger partial charge in [-0.25, -0.2) is 0 Å². The molecule has 0 radical (unpaired) electrons. The molecule has 0 heterocycles. The molecule has 0 aromatic heterocycles. The van der Waals surface area contributed by atoms with Crippen molar-refractivity contribution in [3.63, 3.8) is 0 Å². The van der Waals surface area contributed by atoms with E-state index < -0.39 is 0 Å². The van der Waals surface area contributed by atoms with Crippen LogP contribution >= 0.6 is 0 Å². The zero-order valence-electron chi connectivity index (χ0n) is 8.51. The number of nitriles is 1. The number of unbranched alkanes of at least 4 members (excludes halogenated alkanes) is 1. The van der Waals surface area contributed by atoms with E-state index in [0.29, 0.717) is 6.42 Å². The van der Waals surface area contributed by atoms with Crippen molar-refractivity contribution in [2.75, 3.05) is 0 Å². The van der Waals surface area contributed by atoms with Crippen molar-refractivity contribution in [3.05, 3.63) is 36.0 Å². The van der Waals surface area contributed by atoms with E-state index in [2.05, 4.69) is 37.8 Å². The van der Waals surface area contributed by atoms with Gasteiger partial charge in [-0.05, 0) is 26.7 Å². The van der Waals surface area contributed by atoms with Crippen LogP contribution in [0, 0.1) is 11.3 Å². The molecule has 0 aliphatic rings. The molecule has 0 rings (SSSR count). The third kappa shape index (κ3) is 8.62. The van der Waals surface area contributed by atoms with Crippen molar-refractivity contribution < 1.29 is 0 Å². The minimum absolute atomic E-state index is 0.611. The fraction of sp³-hybridized carbons (Fsp3) is 0.417. The monoisotopic (exact) mass is 175 g/mol. The minimum atomic E-state index is 0.611.